The zero-order chi connectivity index (χ0) is 18.6. The quantitative estimate of drug-likeness (QED) is 0.587. The second-order valence-corrected chi connectivity index (χ2v) is 6.52. The van der Waals surface area contributed by atoms with Gasteiger partial charge in [-0.15, -0.1) is 10.2 Å². The molecule has 9 nitrogen and oxygen atoms in total. The van der Waals surface area contributed by atoms with E-state index in [0.717, 1.165) is 0 Å². The third-order valence-corrected chi connectivity index (χ3v) is 4.40. The van der Waals surface area contributed by atoms with E-state index in [1.807, 2.05) is 18.7 Å². The molecule has 10 heteroatoms. The van der Waals surface area contributed by atoms with Crippen molar-refractivity contribution in [1.82, 2.24) is 5.16 Å². The predicted octanol–water partition coefficient (Wildman–Crippen LogP) is 3.50. The van der Waals surface area contributed by atoms with Gasteiger partial charge in [0.1, 0.15) is 22.1 Å². The fourth-order valence-electron chi connectivity index (χ4n) is 2.30. The molecule has 0 radical (unpaired) electrons. The third-order valence-electron chi connectivity index (χ3n) is 3.52. The Labute approximate surface area is 146 Å². The molecule has 0 amide bonds. The highest BCUT2D eigenvalue weighted by Gasteiger charge is 2.22. The van der Waals surface area contributed by atoms with Crippen molar-refractivity contribution in [3.8, 4) is 5.75 Å². The number of azo groups is 1. The van der Waals surface area contributed by atoms with Crippen LogP contribution in [0.5, 0.6) is 5.75 Å². The molecule has 2 rings (SSSR count). The summed E-state index contributed by atoms with van der Waals surface area (Å²) >= 11 is 0. The first-order valence-electron chi connectivity index (χ1n) is 7.59. The standard InChI is InChI=1S/C15H20N4O5S/c1-5-19(6-2)12-9-14(25(20,21)22)11(8-13(12)23-4)16-17-15-7-10(3)24-18-15/h7-9H,5-6H2,1-4H3,(H,20,21,22). The maximum absolute atomic E-state index is 11.8. The van der Waals surface area contributed by atoms with Crippen LogP contribution in [0.2, 0.25) is 0 Å². The maximum Gasteiger partial charge on any atom is 0.296 e. The molecule has 2 aromatic rings. The van der Waals surface area contributed by atoms with E-state index in [-0.39, 0.29) is 16.4 Å². The van der Waals surface area contributed by atoms with E-state index in [1.54, 1.807) is 6.92 Å². The van der Waals surface area contributed by atoms with Crippen LogP contribution in [0.1, 0.15) is 19.6 Å². The van der Waals surface area contributed by atoms with Gasteiger partial charge >= 0.3 is 0 Å². The molecule has 25 heavy (non-hydrogen) atoms. The summed E-state index contributed by atoms with van der Waals surface area (Å²) < 4.78 is 43.3. The monoisotopic (exact) mass is 368 g/mol. The molecule has 0 spiro atoms. The second-order valence-electron chi connectivity index (χ2n) is 5.13. The average molecular weight is 368 g/mol. The van der Waals surface area contributed by atoms with Gasteiger partial charge < -0.3 is 14.2 Å². The number of hydrogen-bond acceptors (Lipinski definition) is 8. The molecule has 0 saturated heterocycles. The fourth-order valence-corrected chi connectivity index (χ4v) is 2.93. The normalized spacial score (nSPS) is 11.9. The van der Waals surface area contributed by atoms with Gasteiger partial charge in [-0.3, -0.25) is 4.55 Å². The van der Waals surface area contributed by atoms with Gasteiger partial charge in [0, 0.05) is 25.2 Å². The van der Waals surface area contributed by atoms with Crippen molar-refractivity contribution < 1.29 is 22.2 Å². The van der Waals surface area contributed by atoms with Crippen LogP contribution >= 0.6 is 0 Å². The SMILES string of the molecule is CCN(CC)c1cc(S(=O)(=O)O)c(N=Nc2cc(C)on2)cc1OC. The van der Waals surface area contributed by atoms with Crippen LogP contribution in [-0.2, 0) is 10.1 Å². The van der Waals surface area contributed by atoms with E-state index in [9.17, 15) is 13.0 Å². The van der Waals surface area contributed by atoms with E-state index < -0.39 is 10.1 Å². The Balaban J connectivity index is 2.60. The number of methoxy groups -OCH3 is 1. The first kappa shape index (κ1) is 18.9. The Morgan fingerprint density at radius 1 is 1.24 bits per heavy atom. The number of aromatic nitrogens is 1. The van der Waals surface area contributed by atoms with Gasteiger partial charge in [-0.1, -0.05) is 5.16 Å². The Bertz CT molecular complexity index is 872. The van der Waals surface area contributed by atoms with E-state index in [4.69, 9.17) is 9.26 Å². The molecule has 1 N–H and O–H groups in total. The molecule has 0 aliphatic heterocycles. The summed E-state index contributed by atoms with van der Waals surface area (Å²) in [6, 6.07) is 4.27. The van der Waals surface area contributed by atoms with E-state index in [2.05, 4.69) is 15.4 Å². The molecule has 1 aromatic heterocycles. The van der Waals surface area contributed by atoms with Crippen LogP contribution in [0.3, 0.4) is 0 Å². The molecule has 0 aliphatic carbocycles. The van der Waals surface area contributed by atoms with Gasteiger partial charge in [-0.25, -0.2) is 0 Å². The molecule has 1 aromatic carbocycles. The highest BCUT2D eigenvalue weighted by molar-refractivity contribution is 7.86. The second kappa shape index (κ2) is 7.62. The number of benzene rings is 1. The zero-order valence-corrected chi connectivity index (χ0v) is 15.2. The number of rotatable bonds is 7. The summed E-state index contributed by atoms with van der Waals surface area (Å²) in [5, 5.41) is 11.4. The van der Waals surface area contributed by atoms with E-state index in [1.165, 1.54) is 25.3 Å². The minimum atomic E-state index is -4.51. The summed E-state index contributed by atoms with van der Waals surface area (Å²) in [7, 11) is -3.04. The molecule has 0 saturated carbocycles. The minimum absolute atomic E-state index is 0.0593. The number of nitrogens with zero attached hydrogens (tertiary/aromatic N) is 4. The van der Waals surface area contributed by atoms with Gasteiger partial charge in [0.05, 0.1) is 12.8 Å². The van der Waals surface area contributed by atoms with Gasteiger partial charge in [-0.05, 0) is 26.8 Å². The van der Waals surface area contributed by atoms with Crippen molar-refractivity contribution in [1.29, 1.82) is 0 Å². The largest absolute Gasteiger partial charge is 0.495 e. The van der Waals surface area contributed by atoms with Crippen molar-refractivity contribution in [3.63, 3.8) is 0 Å². The van der Waals surface area contributed by atoms with Crippen molar-refractivity contribution in [2.45, 2.75) is 25.7 Å². The summed E-state index contributed by atoms with van der Waals surface area (Å²) in [5.74, 6) is 1.14. The Morgan fingerprint density at radius 2 is 1.92 bits per heavy atom. The van der Waals surface area contributed by atoms with Crippen LogP contribution in [0.4, 0.5) is 17.2 Å². The zero-order valence-electron chi connectivity index (χ0n) is 14.4. The first-order chi connectivity index (χ1) is 11.8. The summed E-state index contributed by atoms with van der Waals surface area (Å²) in [4.78, 5) is 1.54. The van der Waals surface area contributed by atoms with Gasteiger partial charge in [0.15, 0.2) is 0 Å². The van der Waals surface area contributed by atoms with Crippen LogP contribution in [0, 0.1) is 6.92 Å². The van der Waals surface area contributed by atoms with Crippen LogP contribution < -0.4 is 9.64 Å². The number of ether oxygens (including phenoxy) is 1. The Morgan fingerprint density at radius 3 is 2.40 bits per heavy atom. The van der Waals surface area contributed by atoms with E-state index >= 15 is 0 Å². The number of anilines is 1. The lowest BCUT2D eigenvalue weighted by Crippen LogP contribution is -2.22. The molecular weight excluding hydrogens is 348 g/mol. The smallest absolute Gasteiger partial charge is 0.296 e. The summed E-state index contributed by atoms with van der Waals surface area (Å²) in [6.45, 7) is 6.82. The maximum atomic E-state index is 11.8. The summed E-state index contributed by atoms with van der Waals surface area (Å²) in [6.07, 6.45) is 0. The molecule has 136 valence electrons. The van der Waals surface area contributed by atoms with Crippen molar-refractivity contribution >= 4 is 27.3 Å². The highest BCUT2D eigenvalue weighted by Crippen LogP contribution is 2.38. The minimum Gasteiger partial charge on any atom is -0.495 e. The lowest BCUT2D eigenvalue weighted by atomic mass is 10.2. The first-order valence-corrected chi connectivity index (χ1v) is 9.03. The molecule has 0 unspecified atom stereocenters. The van der Waals surface area contributed by atoms with Gasteiger partial charge in [0.2, 0.25) is 5.82 Å². The van der Waals surface area contributed by atoms with Crippen molar-refractivity contribution in [2.75, 3.05) is 25.1 Å². The molecule has 0 fully saturated rings. The lowest BCUT2D eigenvalue weighted by Gasteiger charge is -2.24. The highest BCUT2D eigenvalue weighted by atomic mass is 32.2. The molecule has 0 aliphatic rings. The predicted molar refractivity (Wildman–Crippen MR) is 91.8 cm³/mol. The van der Waals surface area contributed by atoms with Crippen LogP contribution in [-0.4, -0.2) is 38.3 Å². The van der Waals surface area contributed by atoms with Crippen LogP contribution in [0.25, 0.3) is 0 Å². The molecule has 0 atom stereocenters. The molecule has 0 bridgehead atoms. The Hall–Kier alpha value is -2.46. The topological polar surface area (TPSA) is 118 Å². The molecular formula is C15H20N4O5S. The number of hydrogen-bond donors (Lipinski definition) is 1. The number of aryl methyl sites for hydroxylation is 1. The average Bonchev–Trinajstić information content (AvgIpc) is 2.98. The third kappa shape index (κ3) is 4.34. The summed E-state index contributed by atoms with van der Waals surface area (Å²) in [5.41, 5.74) is 0.479. The van der Waals surface area contributed by atoms with Crippen LogP contribution in [0.15, 0.2) is 37.8 Å². The van der Waals surface area contributed by atoms with Gasteiger partial charge in [0.25, 0.3) is 10.1 Å². The lowest BCUT2D eigenvalue weighted by molar-refractivity contribution is 0.399. The Kier molecular flexibility index (Phi) is 5.75. The fraction of sp³-hybridized carbons (Fsp3) is 0.400. The van der Waals surface area contributed by atoms with E-state index in [0.29, 0.717) is 30.3 Å². The van der Waals surface area contributed by atoms with Crippen molar-refractivity contribution in [2.24, 2.45) is 10.2 Å². The van der Waals surface area contributed by atoms with Gasteiger partial charge in [-0.2, -0.15) is 8.42 Å². The van der Waals surface area contributed by atoms with Crippen molar-refractivity contribution in [3.05, 3.63) is 24.0 Å². The molecule has 1 heterocycles.